The summed E-state index contributed by atoms with van der Waals surface area (Å²) in [6, 6.07) is 5.41. The maximum Gasteiger partial charge on any atom is 0.127 e. The van der Waals surface area contributed by atoms with Crippen molar-refractivity contribution in [3.05, 3.63) is 34.6 Å². The van der Waals surface area contributed by atoms with Crippen molar-refractivity contribution in [3.63, 3.8) is 0 Å². The molecular weight excluding hydrogens is 285 g/mol. The maximum atomic E-state index is 14.1. The summed E-state index contributed by atoms with van der Waals surface area (Å²) in [5, 5.41) is 4.09. The fourth-order valence-electron chi connectivity index (χ4n) is 2.71. The van der Waals surface area contributed by atoms with Crippen LogP contribution in [0.4, 0.5) is 4.39 Å². The number of halogens is 2. The zero-order chi connectivity index (χ0) is 15.9. The molecule has 0 heterocycles. The lowest BCUT2D eigenvalue weighted by Crippen LogP contribution is -2.39. The van der Waals surface area contributed by atoms with E-state index in [1.807, 2.05) is 0 Å². The largest absolute Gasteiger partial charge is 0.314 e. The van der Waals surface area contributed by atoms with E-state index < -0.39 is 0 Å². The summed E-state index contributed by atoms with van der Waals surface area (Å²) in [4.78, 5) is 0. The average Bonchev–Trinajstić information content (AvgIpc) is 2.45. The number of nitrogens with one attached hydrogen (secondary N) is 1. The van der Waals surface area contributed by atoms with Crippen LogP contribution in [0.5, 0.6) is 0 Å². The highest BCUT2D eigenvalue weighted by molar-refractivity contribution is 6.31. The second-order valence-corrected chi connectivity index (χ2v) is 6.78. The number of hydrogen-bond donors (Lipinski definition) is 1. The van der Waals surface area contributed by atoms with Gasteiger partial charge < -0.3 is 5.32 Å². The van der Waals surface area contributed by atoms with Gasteiger partial charge in [-0.25, -0.2) is 4.39 Å². The number of rotatable bonds is 9. The van der Waals surface area contributed by atoms with Crippen LogP contribution >= 0.6 is 11.6 Å². The van der Waals surface area contributed by atoms with Crippen molar-refractivity contribution in [1.29, 1.82) is 0 Å². The molecule has 0 saturated heterocycles. The molecule has 1 aromatic carbocycles. The lowest BCUT2D eigenvalue weighted by molar-refractivity contribution is 0.220. The third-order valence-corrected chi connectivity index (χ3v) is 4.66. The van der Waals surface area contributed by atoms with E-state index in [1.54, 1.807) is 12.1 Å². The number of benzene rings is 1. The molecule has 0 fully saturated rings. The molecule has 1 atom stereocenters. The van der Waals surface area contributed by atoms with E-state index in [0.717, 1.165) is 25.8 Å². The molecule has 1 unspecified atom stereocenters. The maximum absolute atomic E-state index is 14.1. The van der Waals surface area contributed by atoms with Gasteiger partial charge in [0.25, 0.3) is 0 Å². The zero-order valence-electron chi connectivity index (χ0n) is 13.8. The molecule has 21 heavy (non-hydrogen) atoms. The SMILES string of the molecule is CCCCC(CC)(CNC(C)C)Cc1c(F)cccc1Cl. The van der Waals surface area contributed by atoms with Crippen LogP contribution in [0.15, 0.2) is 18.2 Å². The Kier molecular flexibility index (Phi) is 7.69. The van der Waals surface area contributed by atoms with Gasteiger partial charge in [0, 0.05) is 23.2 Å². The van der Waals surface area contributed by atoms with Gasteiger partial charge in [-0.2, -0.15) is 0 Å². The van der Waals surface area contributed by atoms with Gasteiger partial charge >= 0.3 is 0 Å². The highest BCUT2D eigenvalue weighted by Gasteiger charge is 2.30. The fraction of sp³-hybridized carbons (Fsp3) is 0.667. The van der Waals surface area contributed by atoms with Gasteiger partial charge in [-0.05, 0) is 36.8 Å². The Bertz CT molecular complexity index is 413. The molecule has 0 aromatic heterocycles. The van der Waals surface area contributed by atoms with Crippen molar-refractivity contribution in [2.75, 3.05) is 6.54 Å². The van der Waals surface area contributed by atoms with Gasteiger partial charge in [0.05, 0.1) is 0 Å². The van der Waals surface area contributed by atoms with Crippen molar-refractivity contribution in [3.8, 4) is 0 Å². The van der Waals surface area contributed by atoms with Crippen LogP contribution in [0.1, 0.15) is 58.9 Å². The quantitative estimate of drug-likeness (QED) is 0.625. The van der Waals surface area contributed by atoms with Crippen LogP contribution in [0.2, 0.25) is 5.02 Å². The predicted octanol–water partition coefficient (Wildman–Crippen LogP) is 5.61. The van der Waals surface area contributed by atoms with E-state index in [0.29, 0.717) is 23.0 Å². The normalized spacial score (nSPS) is 14.4. The van der Waals surface area contributed by atoms with E-state index in [2.05, 4.69) is 33.0 Å². The fourth-order valence-corrected chi connectivity index (χ4v) is 2.94. The standard InChI is InChI=1S/C18H29ClFN/c1-5-7-11-18(6-2,13-21-14(3)4)12-15-16(19)9-8-10-17(15)20/h8-10,14,21H,5-7,11-13H2,1-4H3. The molecule has 0 amide bonds. The summed E-state index contributed by atoms with van der Waals surface area (Å²) in [5.41, 5.74) is 0.745. The molecule has 1 aromatic rings. The third kappa shape index (κ3) is 5.60. The van der Waals surface area contributed by atoms with Crippen LogP contribution < -0.4 is 5.32 Å². The first-order valence-electron chi connectivity index (χ1n) is 8.10. The first-order valence-corrected chi connectivity index (χ1v) is 8.48. The van der Waals surface area contributed by atoms with Crippen molar-refractivity contribution >= 4 is 11.6 Å². The van der Waals surface area contributed by atoms with Crippen LogP contribution in [-0.2, 0) is 6.42 Å². The molecule has 0 radical (unpaired) electrons. The monoisotopic (exact) mass is 313 g/mol. The molecule has 3 heteroatoms. The molecule has 0 aliphatic carbocycles. The molecule has 1 rings (SSSR count). The molecule has 0 aliphatic rings. The summed E-state index contributed by atoms with van der Waals surface area (Å²) in [6.45, 7) is 9.61. The first kappa shape index (κ1) is 18.4. The van der Waals surface area contributed by atoms with Gasteiger partial charge in [0.1, 0.15) is 5.82 Å². The van der Waals surface area contributed by atoms with Gasteiger partial charge in [-0.1, -0.05) is 58.2 Å². The van der Waals surface area contributed by atoms with Crippen molar-refractivity contribution in [1.82, 2.24) is 5.32 Å². The van der Waals surface area contributed by atoms with Gasteiger partial charge in [-0.3, -0.25) is 0 Å². The Hall–Kier alpha value is -0.600. The molecular formula is C18H29ClFN. The molecule has 0 spiro atoms. The van der Waals surface area contributed by atoms with Crippen molar-refractivity contribution in [2.24, 2.45) is 5.41 Å². The second-order valence-electron chi connectivity index (χ2n) is 6.37. The Balaban J connectivity index is 2.98. The van der Waals surface area contributed by atoms with Gasteiger partial charge in [0.15, 0.2) is 0 Å². The van der Waals surface area contributed by atoms with E-state index in [9.17, 15) is 4.39 Å². The van der Waals surface area contributed by atoms with Crippen LogP contribution in [0.3, 0.4) is 0 Å². The Labute approximate surface area is 134 Å². The van der Waals surface area contributed by atoms with E-state index in [1.165, 1.54) is 12.5 Å². The predicted molar refractivity (Wildman–Crippen MR) is 90.5 cm³/mol. The highest BCUT2D eigenvalue weighted by atomic mass is 35.5. The lowest BCUT2D eigenvalue weighted by Gasteiger charge is -2.35. The average molecular weight is 314 g/mol. The first-order chi connectivity index (χ1) is 9.94. The summed E-state index contributed by atoms with van der Waals surface area (Å²) in [7, 11) is 0. The number of unbranched alkanes of at least 4 members (excludes halogenated alkanes) is 1. The molecule has 120 valence electrons. The summed E-state index contributed by atoms with van der Waals surface area (Å²) >= 11 is 6.23. The van der Waals surface area contributed by atoms with Crippen LogP contribution in [0.25, 0.3) is 0 Å². The third-order valence-electron chi connectivity index (χ3n) is 4.31. The van der Waals surface area contributed by atoms with Crippen LogP contribution in [0, 0.1) is 11.2 Å². The van der Waals surface area contributed by atoms with E-state index in [4.69, 9.17) is 11.6 Å². The topological polar surface area (TPSA) is 12.0 Å². The Morgan fingerprint density at radius 3 is 2.52 bits per heavy atom. The Morgan fingerprint density at radius 2 is 2.00 bits per heavy atom. The minimum Gasteiger partial charge on any atom is -0.314 e. The molecule has 0 bridgehead atoms. The summed E-state index contributed by atoms with van der Waals surface area (Å²) in [6.07, 6.45) is 5.16. The lowest BCUT2D eigenvalue weighted by atomic mass is 9.75. The molecule has 1 N–H and O–H groups in total. The molecule has 0 saturated carbocycles. The molecule has 0 aliphatic heterocycles. The summed E-state index contributed by atoms with van der Waals surface area (Å²) < 4.78 is 14.1. The molecule has 1 nitrogen and oxygen atoms in total. The second kappa shape index (κ2) is 8.75. The van der Waals surface area contributed by atoms with Gasteiger partial charge in [-0.15, -0.1) is 0 Å². The van der Waals surface area contributed by atoms with Gasteiger partial charge in [0.2, 0.25) is 0 Å². The summed E-state index contributed by atoms with van der Waals surface area (Å²) in [5.74, 6) is -0.179. The minimum absolute atomic E-state index is 0.0755. The number of hydrogen-bond acceptors (Lipinski definition) is 1. The minimum atomic E-state index is -0.179. The zero-order valence-corrected chi connectivity index (χ0v) is 14.6. The Morgan fingerprint density at radius 1 is 1.29 bits per heavy atom. The smallest absolute Gasteiger partial charge is 0.127 e. The highest BCUT2D eigenvalue weighted by Crippen LogP contribution is 2.35. The van der Waals surface area contributed by atoms with Crippen LogP contribution in [-0.4, -0.2) is 12.6 Å². The van der Waals surface area contributed by atoms with Crippen molar-refractivity contribution in [2.45, 2.75) is 65.8 Å². The van der Waals surface area contributed by atoms with E-state index in [-0.39, 0.29) is 11.2 Å². The van der Waals surface area contributed by atoms with E-state index >= 15 is 0 Å². The van der Waals surface area contributed by atoms with Crippen molar-refractivity contribution < 1.29 is 4.39 Å².